The number of carbonyl (C=O) groups excluding carboxylic acids is 2. The lowest BCUT2D eigenvalue weighted by molar-refractivity contribution is 0.0452. The van der Waals surface area contributed by atoms with Crippen molar-refractivity contribution in [2.75, 3.05) is 13.1 Å². The van der Waals surface area contributed by atoms with Crippen LogP contribution in [-0.4, -0.2) is 54.3 Å². The number of carbonyl (C=O) groups is 2. The van der Waals surface area contributed by atoms with Gasteiger partial charge in [-0.25, -0.2) is 4.79 Å². The molecule has 1 radical (unpaired) electrons. The van der Waals surface area contributed by atoms with Gasteiger partial charge >= 0.3 is 13.8 Å². The average Bonchev–Trinajstić information content (AvgIpc) is 2.54. The molecule has 141 valence electrons. The Morgan fingerprint density at radius 2 is 2.12 bits per heavy atom. The maximum Gasteiger partial charge on any atom is 0.569 e. The summed E-state index contributed by atoms with van der Waals surface area (Å²) in [5.41, 5.74) is -0.154. The lowest BCUT2D eigenvalue weighted by Gasteiger charge is -2.33. The summed E-state index contributed by atoms with van der Waals surface area (Å²) in [4.78, 5) is 26.3. The molecule has 1 aliphatic rings. The van der Waals surface area contributed by atoms with Crippen molar-refractivity contribution in [1.82, 2.24) is 10.2 Å². The standard InChI is InChI=1S/C17H23BClN2O5/c1-17(2,3)25-16(23)20-12-5-4-8-21(10-12)15(22)11-6-7-14(26-18-24)13(19)9-11/h6-7,9,12,24H,4-5,8,10H2,1-3H3,(H,20,23). The van der Waals surface area contributed by atoms with Crippen LogP contribution < -0.4 is 9.97 Å². The van der Waals surface area contributed by atoms with Crippen LogP contribution in [0.1, 0.15) is 44.0 Å². The van der Waals surface area contributed by atoms with Gasteiger partial charge in [-0.05, 0) is 51.8 Å². The number of amides is 2. The van der Waals surface area contributed by atoms with E-state index >= 15 is 0 Å². The van der Waals surface area contributed by atoms with Crippen LogP contribution in [0.25, 0.3) is 0 Å². The zero-order valence-corrected chi connectivity index (χ0v) is 15.9. The van der Waals surface area contributed by atoms with Crippen molar-refractivity contribution < 1.29 is 24.0 Å². The number of nitrogens with zero attached hydrogens (tertiary/aromatic N) is 1. The van der Waals surface area contributed by atoms with E-state index in [1.165, 1.54) is 12.1 Å². The molecular formula is C17H23BClN2O5. The van der Waals surface area contributed by atoms with Crippen LogP contribution >= 0.6 is 11.6 Å². The zero-order valence-electron chi connectivity index (χ0n) is 15.1. The minimum Gasteiger partial charge on any atom is -0.536 e. The normalized spacial score (nSPS) is 17.4. The quantitative estimate of drug-likeness (QED) is 0.782. The summed E-state index contributed by atoms with van der Waals surface area (Å²) in [6.45, 7) is 6.41. The van der Waals surface area contributed by atoms with E-state index in [2.05, 4.69) is 5.32 Å². The molecule has 7 nitrogen and oxygen atoms in total. The largest absolute Gasteiger partial charge is 0.569 e. The fourth-order valence-corrected chi connectivity index (χ4v) is 2.95. The Bertz CT molecular complexity index is 665. The summed E-state index contributed by atoms with van der Waals surface area (Å²) in [6, 6.07) is 4.43. The van der Waals surface area contributed by atoms with Crippen LogP contribution in [0.5, 0.6) is 5.75 Å². The molecule has 0 bridgehead atoms. The molecule has 0 saturated carbocycles. The first-order valence-corrected chi connectivity index (χ1v) is 8.78. The number of ether oxygens (including phenoxy) is 1. The highest BCUT2D eigenvalue weighted by molar-refractivity contribution is 6.33. The molecule has 9 heteroatoms. The van der Waals surface area contributed by atoms with Gasteiger partial charge in [0.2, 0.25) is 0 Å². The third-order valence-corrected chi connectivity index (χ3v) is 4.08. The Hall–Kier alpha value is -1.93. The molecule has 0 spiro atoms. The lowest BCUT2D eigenvalue weighted by atomic mass is 10.0. The van der Waals surface area contributed by atoms with Crippen molar-refractivity contribution in [3.63, 3.8) is 0 Å². The van der Waals surface area contributed by atoms with Crippen LogP contribution in [0.2, 0.25) is 5.02 Å². The molecule has 1 saturated heterocycles. The second-order valence-electron chi connectivity index (χ2n) is 7.11. The van der Waals surface area contributed by atoms with Gasteiger partial charge in [-0.1, -0.05) is 11.6 Å². The fraction of sp³-hybridized carbons (Fsp3) is 0.529. The summed E-state index contributed by atoms with van der Waals surface area (Å²) in [5, 5.41) is 11.7. The van der Waals surface area contributed by atoms with Crippen LogP contribution in [0, 0.1) is 0 Å². The number of rotatable bonds is 4. The van der Waals surface area contributed by atoms with Gasteiger partial charge in [-0.3, -0.25) is 4.79 Å². The number of alkyl carbamates (subject to hydrolysis) is 1. The molecule has 2 amide bonds. The van der Waals surface area contributed by atoms with Crippen molar-refractivity contribution >= 4 is 31.3 Å². The van der Waals surface area contributed by atoms with Gasteiger partial charge in [0.1, 0.15) is 11.4 Å². The number of piperidine rings is 1. The molecule has 1 heterocycles. The second kappa shape index (κ2) is 8.64. The molecular weight excluding hydrogens is 358 g/mol. The highest BCUT2D eigenvalue weighted by Crippen LogP contribution is 2.26. The van der Waals surface area contributed by atoms with E-state index in [1.54, 1.807) is 31.7 Å². The van der Waals surface area contributed by atoms with E-state index in [0.29, 0.717) is 26.3 Å². The van der Waals surface area contributed by atoms with Crippen molar-refractivity contribution in [3.05, 3.63) is 28.8 Å². The molecule has 26 heavy (non-hydrogen) atoms. The maximum absolute atomic E-state index is 12.7. The van der Waals surface area contributed by atoms with E-state index in [9.17, 15) is 9.59 Å². The molecule has 1 aromatic carbocycles. The Morgan fingerprint density at radius 1 is 1.38 bits per heavy atom. The van der Waals surface area contributed by atoms with E-state index in [1.807, 2.05) is 0 Å². The van der Waals surface area contributed by atoms with Crippen LogP contribution in [-0.2, 0) is 4.74 Å². The highest BCUT2D eigenvalue weighted by Gasteiger charge is 2.27. The Kier molecular flexibility index (Phi) is 6.78. The van der Waals surface area contributed by atoms with Gasteiger partial charge in [-0.15, -0.1) is 0 Å². The molecule has 0 aliphatic carbocycles. The number of nitrogens with one attached hydrogen (secondary N) is 1. The Balaban J connectivity index is 1.99. The van der Waals surface area contributed by atoms with Gasteiger partial charge < -0.3 is 24.6 Å². The van der Waals surface area contributed by atoms with Gasteiger partial charge in [0.05, 0.1) is 5.02 Å². The van der Waals surface area contributed by atoms with Crippen LogP contribution in [0.3, 0.4) is 0 Å². The SMILES string of the molecule is CC(C)(C)OC(=O)NC1CCCN(C(=O)c2ccc(O[B]O)c(Cl)c2)C1. The molecule has 0 aromatic heterocycles. The smallest absolute Gasteiger partial charge is 0.536 e. The Morgan fingerprint density at radius 3 is 2.73 bits per heavy atom. The summed E-state index contributed by atoms with van der Waals surface area (Å²) in [6.07, 6.45) is 1.07. The summed E-state index contributed by atoms with van der Waals surface area (Å²) >= 11 is 6.05. The number of hydrogen-bond acceptors (Lipinski definition) is 5. The zero-order chi connectivity index (χ0) is 19.3. The third kappa shape index (κ3) is 5.81. The molecule has 1 aliphatic heterocycles. The molecule has 1 aromatic rings. The van der Waals surface area contributed by atoms with Crippen molar-refractivity contribution in [3.8, 4) is 5.75 Å². The first kappa shape index (κ1) is 20.4. The second-order valence-corrected chi connectivity index (χ2v) is 7.51. The topological polar surface area (TPSA) is 88.1 Å². The predicted octanol–water partition coefficient (Wildman–Crippen LogP) is 2.37. The monoisotopic (exact) mass is 381 g/mol. The van der Waals surface area contributed by atoms with E-state index in [0.717, 1.165) is 12.8 Å². The van der Waals surface area contributed by atoms with Gasteiger partial charge in [0.15, 0.2) is 0 Å². The van der Waals surface area contributed by atoms with Crippen LogP contribution in [0.15, 0.2) is 18.2 Å². The minimum absolute atomic E-state index is 0.162. The van der Waals surface area contributed by atoms with Gasteiger partial charge in [0.25, 0.3) is 5.91 Å². The molecule has 2 N–H and O–H groups in total. The molecule has 1 atom stereocenters. The van der Waals surface area contributed by atoms with Gasteiger partial charge in [0, 0.05) is 24.7 Å². The number of benzene rings is 1. The summed E-state index contributed by atoms with van der Waals surface area (Å²) in [7, 11) is 0.528. The van der Waals surface area contributed by atoms with Gasteiger partial charge in [-0.2, -0.15) is 0 Å². The molecule has 2 rings (SSSR count). The first-order valence-electron chi connectivity index (χ1n) is 8.40. The first-order chi connectivity index (χ1) is 12.2. The number of likely N-dealkylation sites (tertiary alicyclic amines) is 1. The lowest BCUT2D eigenvalue weighted by Crippen LogP contribution is -2.50. The van der Waals surface area contributed by atoms with E-state index in [-0.39, 0.29) is 22.7 Å². The molecule has 1 fully saturated rings. The summed E-state index contributed by atoms with van der Waals surface area (Å²) in [5.74, 6) is 0.0796. The van der Waals surface area contributed by atoms with E-state index in [4.69, 9.17) is 26.0 Å². The third-order valence-electron chi connectivity index (χ3n) is 3.79. The fourth-order valence-electron chi connectivity index (χ4n) is 2.72. The average molecular weight is 382 g/mol. The van der Waals surface area contributed by atoms with Crippen molar-refractivity contribution in [2.45, 2.75) is 45.3 Å². The minimum atomic E-state index is -0.569. The number of hydrogen-bond donors (Lipinski definition) is 2. The van der Waals surface area contributed by atoms with Crippen molar-refractivity contribution in [1.29, 1.82) is 0 Å². The predicted molar refractivity (Wildman–Crippen MR) is 98.3 cm³/mol. The Labute approximate surface area is 158 Å². The highest BCUT2D eigenvalue weighted by atomic mass is 35.5. The number of halogens is 1. The van der Waals surface area contributed by atoms with Crippen molar-refractivity contribution in [2.24, 2.45) is 0 Å². The maximum atomic E-state index is 12.7. The van der Waals surface area contributed by atoms with E-state index < -0.39 is 11.7 Å². The summed E-state index contributed by atoms with van der Waals surface area (Å²) < 4.78 is 10.1. The molecule has 1 unspecified atom stereocenters. The van der Waals surface area contributed by atoms with Crippen LogP contribution in [0.4, 0.5) is 4.79 Å².